The van der Waals surface area contributed by atoms with Crippen molar-refractivity contribution >= 4 is 5.91 Å². The maximum absolute atomic E-state index is 11.7. The van der Waals surface area contributed by atoms with E-state index in [4.69, 9.17) is 5.73 Å². The summed E-state index contributed by atoms with van der Waals surface area (Å²) in [6.45, 7) is 4.01. The van der Waals surface area contributed by atoms with Gasteiger partial charge in [-0.05, 0) is 25.3 Å². The number of hydrogen-bond acceptors (Lipinski definition) is 2. The van der Waals surface area contributed by atoms with Crippen LogP contribution in [0.5, 0.6) is 0 Å². The first-order chi connectivity index (χ1) is 7.63. The van der Waals surface area contributed by atoms with Gasteiger partial charge in [-0.3, -0.25) is 4.79 Å². The van der Waals surface area contributed by atoms with Gasteiger partial charge in [-0.2, -0.15) is 0 Å². The summed E-state index contributed by atoms with van der Waals surface area (Å²) in [5, 5.41) is 2.89. The molecule has 0 bridgehead atoms. The van der Waals surface area contributed by atoms with Gasteiger partial charge in [-0.15, -0.1) is 0 Å². The molecule has 1 unspecified atom stereocenters. The molecule has 1 aromatic carbocycles. The van der Waals surface area contributed by atoms with E-state index in [9.17, 15) is 4.79 Å². The van der Waals surface area contributed by atoms with Gasteiger partial charge in [0.05, 0.1) is 6.04 Å². The van der Waals surface area contributed by atoms with Crippen LogP contribution in [-0.4, -0.2) is 18.0 Å². The van der Waals surface area contributed by atoms with Crippen molar-refractivity contribution in [3.8, 4) is 0 Å². The molecule has 1 rings (SSSR count). The lowest BCUT2D eigenvalue weighted by Crippen LogP contribution is -2.45. The molecule has 0 heterocycles. The Morgan fingerprint density at radius 1 is 1.38 bits per heavy atom. The third-order valence-electron chi connectivity index (χ3n) is 2.64. The molecule has 3 nitrogen and oxygen atoms in total. The molecule has 3 N–H and O–H groups in total. The summed E-state index contributed by atoms with van der Waals surface area (Å²) >= 11 is 0. The van der Waals surface area contributed by atoms with Crippen LogP contribution in [0.2, 0.25) is 0 Å². The molecule has 16 heavy (non-hydrogen) atoms. The molecule has 1 aromatic rings. The number of benzene rings is 1. The maximum Gasteiger partial charge on any atom is 0.237 e. The molecule has 88 valence electrons. The van der Waals surface area contributed by atoms with Crippen LogP contribution in [0, 0.1) is 0 Å². The van der Waals surface area contributed by atoms with E-state index < -0.39 is 6.04 Å². The first-order valence-electron chi connectivity index (χ1n) is 5.73. The smallest absolute Gasteiger partial charge is 0.237 e. The van der Waals surface area contributed by atoms with Crippen LogP contribution in [0.3, 0.4) is 0 Å². The Kier molecular flexibility index (Phi) is 4.99. The number of amides is 1. The topological polar surface area (TPSA) is 55.1 Å². The first-order valence-corrected chi connectivity index (χ1v) is 5.73. The number of rotatable bonds is 5. The molecular weight excluding hydrogens is 200 g/mol. The number of nitrogens with one attached hydrogen (secondary N) is 1. The van der Waals surface area contributed by atoms with Crippen molar-refractivity contribution < 1.29 is 4.79 Å². The summed E-state index contributed by atoms with van der Waals surface area (Å²) in [5.74, 6) is -0.0711. The molecule has 0 aromatic heterocycles. The highest BCUT2D eigenvalue weighted by Gasteiger charge is 2.15. The van der Waals surface area contributed by atoms with Crippen molar-refractivity contribution in [2.45, 2.75) is 38.8 Å². The molecule has 0 aliphatic rings. The van der Waals surface area contributed by atoms with Crippen LogP contribution >= 0.6 is 0 Å². The van der Waals surface area contributed by atoms with E-state index in [-0.39, 0.29) is 11.9 Å². The SMILES string of the molecule is CCC(C)NC(=O)[C@@H](N)Cc1ccccc1. The molecule has 3 heteroatoms. The van der Waals surface area contributed by atoms with Crippen LogP contribution < -0.4 is 11.1 Å². The van der Waals surface area contributed by atoms with Crippen LogP contribution in [0.15, 0.2) is 30.3 Å². The summed E-state index contributed by atoms with van der Waals surface area (Å²) in [6.07, 6.45) is 1.51. The summed E-state index contributed by atoms with van der Waals surface area (Å²) < 4.78 is 0. The molecule has 0 fully saturated rings. The standard InChI is InChI=1S/C13H20N2O/c1-3-10(2)15-13(16)12(14)9-11-7-5-4-6-8-11/h4-8,10,12H,3,9,14H2,1-2H3,(H,15,16)/t10?,12-/m0/s1. The molecule has 0 saturated carbocycles. The second-order valence-corrected chi connectivity index (χ2v) is 4.11. The molecule has 1 amide bonds. The quantitative estimate of drug-likeness (QED) is 0.789. The lowest BCUT2D eigenvalue weighted by Gasteiger charge is -2.16. The highest BCUT2D eigenvalue weighted by atomic mass is 16.2. The van der Waals surface area contributed by atoms with Crippen molar-refractivity contribution in [2.24, 2.45) is 5.73 Å². The minimum atomic E-state index is -0.462. The Hall–Kier alpha value is -1.35. The normalized spacial score (nSPS) is 14.2. The molecule has 0 saturated heterocycles. The van der Waals surface area contributed by atoms with E-state index in [0.717, 1.165) is 12.0 Å². The minimum Gasteiger partial charge on any atom is -0.352 e. The van der Waals surface area contributed by atoms with Gasteiger partial charge >= 0.3 is 0 Å². The number of carbonyl (C=O) groups excluding carboxylic acids is 1. The van der Waals surface area contributed by atoms with Gasteiger partial charge in [0.1, 0.15) is 0 Å². The fraction of sp³-hybridized carbons (Fsp3) is 0.462. The predicted octanol–water partition coefficient (Wildman–Crippen LogP) is 1.47. The number of carbonyl (C=O) groups is 1. The van der Waals surface area contributed by atoms with Crippen molar-refractivity contribution in [1.82, 2.24) is 5.32 Å². The second-order valence-electron chi connectivity index (χ2n) is 4.11. The molecule has 0 spiro atoms. The Balaban J connectivity index is 2.46. The zero-order valence-electron chi connectivity index (χ0n) is 9.94. The second kappa shape index (κ2) is 6.28. The Labute approximate surface area is 97.0 Å². The van der Waals surface area contributed by atoms with Gasteiger partial charge in [0.2, 0.25) is 5.91 Å². The third-order valence-corrected chi connectivity index (χ3v) is 2.64. The average molecular weight is 220 g/mol. The van der Waals surface area contributed by atoms with Gasteiger partial charge in [0, 0.05) is 6.04 Å². The lowest BCUT2D eigenvalue weighted by molar-refractivity contribution is -0.122. The highest BCUT2D eigenvalue weighted by molar-refractivity contribution is 5.82. The molecular formula is C13H20N2O. The summed E-state index contributed by atoms with van der Waals surface area (Å²) in [5.41, 5.74) is 6.93. The van der Waals surface area contributed by atoms with Crippen LogP contribution in [0.4, 0.5) is 0 Å². The van der Waals surface area contributed by atoms with Crippen LogP contribution in [-0.2, 0) is 11.2 Å². The van der Waals surface area contributed by atoms with E-state index in [1.54, 1.807) is 0 Å². The molecule has 0 radical (unpaired) electrons. The Bertz CT molecular complexity index is 324. The fourth-order valence-electron chi connectivity index (χ4n) is 1.41. The van der Waals surface area contributed by atoms with Crippen molar-refractivity contribution in [3.05, 3.63) is 35.9 Å². The highest BCUT2D eigenvalue weighted by Crippen LogP contribution is 2.02. The largest absolute Gasteiger partial charge is 0.352 e. The van der Waals surface area contributed by atoms with Gasteiger partial charge in [-0.1, -0.05) is 37.3 Å². The van der Waals surface area contributed by atoms with E-state index in [2.05, 4.69) is 5.32 Å². The monoisotopic (exact) mass is 220 g/mol. The van der Waals surface area contributed by atoms with Gasteiger partial charge in [0.15, 0.2) is 0 Å². The van der Waals surface area contributed by atoms with E-state index in [0.29, 0.717) is 6.42 Å². The predicted molar refractivity (Wildman–Crippen MR) is 66.0 cm³/mol. The van der Waals surface area contributed by atoms with E-state index in [1.807, 2.05) is 44.2 Å². The summed E-state index contributed by atoms with van der Waals surface area (Å²) in [7, 11) is 0. The van der Waals surface area contributed by atoms with Gasteiger partial charge in [-0.25, -0.2) is 0 Å². The summed E-state index contributed by atoms with van der Waals surface area (Å²) in [6, 6.07) is 9.55. The minimum absolute atomic E-state index is 0.0711. The Morgan fingerprint density at radius 2 is 2.00 bits per heavy atom. The van der Waals surface area contributed by atoms with E-state index >= 15 is 0 Å². The third kappa shape index (κ3) is 4.03. The van der Waals surface area contributed by atoms with Crippen LogP contribution in [0.1, 0.15) is 25.8 Å². The summed E-state index contributed by atoms with van der Waals surface area (Å²) in [4.78, 5) is 11.7. The lowest BCUT2D eigenvalue weighted by atomic mass is 10.1. The zero-order chi connectivity index (χ0) is 12.0. The maximum atomic E-state index is 11.7. The van der Waals surface area contributed by atoms with Crippen LogP contribution in [0.25, 0.3) is 0 Å². The fourth-order valence-corrected chi connectivity index (χ4v) is 1.41. The van der Waals surface area contributed by atoms with Gasteiger partial charge < -0.3 is 11.1 Å². The van der Waals surface area contributed by atoms with Crippen molar-refractivity contribution in [1.29, 1.82) is 0 Å². The molecule has 0 aliphatic heterocycles. The molecule has 2 atom stereocenters. The van der Waals surface area contributed by atoms with Crippen molar-refractivity contribution in [2.75, 3.05) is 0 Å². The average Bonchev–Trinajstić information content (AvgIpc) is 2.30. The number of hydrogen-bond donors (Lipinski definition) is 2. The van der Waals surface area contributed by atoms with E-state index in [1.165, 1.54) is 0 Å². The Morgan fingerprint density at radius 3 is 2.56 bits per heavy atom. The molecule has 0 aliphatic carbocycles. The van der Waals surface area contributed by atoms with Gasteiger partial charge in [0.25, 0.3) is 0 Å². The number of nitrogens with two attached hydrogens (primary N) is 1. The zero-order valence-corrected chi connectivity index (χ0v) is 9.94. The first kappa shape index (κ1) is 12.7. The van der Waals surface area contributed by atoms with Crippen molar-refractivity contribution in [3.63, 3.8) is 0 Å².